The molecule has 26 heavy (non-hydrogen) atoms. The Labute approximate surface area is 158 Å². The van der Waals surface area contributed by atoms with E-state index in [1.807, 2.05) is 0 Å². The van der Waals surface area contributed by atoms with Gasteiger partial charge in [-0.3, -0.25) is 14.9 Å². The third-order valence-electron chi connectivity index (χ3n) is 6.80. The lowest BCUT2D eigenvalue weighted by Gasteiger charge is -2.59. The average molecular weight is 375 g/mol. The summed E-state index contributed by atoms with van der Waals surface area (Å²) in [6, 6.07) is 6.62. The molecule has 1 atom stereocenters. The number of rotatable bonds is 6. The molecule has 0 aromatic heterocycles. The molecule has 4 bridgehead atoms. The molecule has 1 aromatic rings. The maximum absolute atomic E-state index is 12.5. The van der Waals surface area contributed by atoms with E-state index in [2.05, 4.69) is 12.2 Å². The number of nitrogens with zero attached hydrogens (tertiary/aromatic N) is 1. The normalized spacial score (nSPS) is 33.0. The van der Waals surface area contributed by atoms with Crippen LogP contribution in [0.2, 0.25) is 0 Å². The SMILES string of the molecule is C[C@H](NC(=O)CSc1ccc([N+](=O)[O-])cc1)C12CC3CC(CC(C3)C1)C2. The minimum absolute atomic E-state index is 0.0663. The average Bonchev–Trinajstić information content (AvgIpc) is 2.59. The van der Waals surface area contributed by atoms with Crippen LogP contribution in [-0.2, 0) is 4.79 Å². The number of hydrogen-bond acceptors (Lipinski definition) is 4. The summed E-state index contributed by atoms with van der Waals surface area (Å²) < 4.78 is 0. The second-order valence-electron chi connectivity index (χ2n) is 8.61. The van der Waals surface area contributed by atoms with Gasteiger partial charge in [0.25, 0.3) is 5.69 Å². The second-order valence-corrected chi connectivity index (χ2v) is 9.66. The molecular formula is C20H26N2O3S. The molecule has 0 aliphatic heterocycles. The Morgan fingerprint density at radius 2 is 1.73 bits per heavy atom. The molecule has 4 aliphatic carbocycles. The summed E-state index contributed by atoms with van der Waals surface area (Å²) in [7, 11) is 0. The highest BCUT2D eigenvalue weighted by atomic mass is 32.2. The molecule has 0 heterocycles. The van der Waals surface area contributed by atoms with Crippen molar-refractivity contribution in [2.45, 2.75) is 56.4 Å². The monoisotopic (exact) mass is 374 g/mol. The number of nitro benzene ring substituents is 1. The molecule has 5 rings (SSSR count). The predicted octanol–water partition coefficient (Wildman–Crippen LogP) is 4.41. The molecule has 6 heteroatoms. The second kappa shape index (κ2) is 6.87. The molecule has 0 radical (unpaired) electrons. The van der Waals surface area contributed by atoms with Crippen molar-refractivity contribution in [3.8, 4) is 0 Å². The molecule has 0 unspecified atom stereocenters. The Hall–Kier alpha value is -1.56. The first-order valence-corrected chi connectivity index (χ1v) is 10.6. The zero-order valence-electron chi connectivity index (χ0n) is 15.1. The fraction of sp³-hybridized carbons (Fsp3) is 0.650. The van der Waals surface area contributed by atoms with Gasteiger partial charge in [-0.05, 0) is 80.8 Å². The summed E-state index contributed by atoms with van der Waals surface area (Å²) in [5.41, 5.74) is 0.400. The molecule has 4 fully saturated rings. The summed E-state index contributed by atoms with van der Waals surface area (Å²) in [5.74, 6) is 3.07. The van der Waals surface area contributed by atoms with Gasteiger partial charge in [0.05, 0.1) is 10.7 Å². The van der Waals surface area contributed by atoms with E-state index in [1.165, 1.54) is 62.4 Å². The summed E-state index contributed by atoms with van der Waals surface area (Å²) in [4.78, 5) is 23.6. The van der Waals surface area contributed by atoms with Crippen molar-refractivity contribution in [2.24, 2.45) is 23.2 Å². The summed E-state index contributed by atoms with van der Waals surface area (Å²) in [6.07, 6.45) is 8.10. The molecule has 5 nitrogen and oxygen atoms in total. The van der Waals surface area contributed by atoms with Crippen LogP contribution in [-0.4, -0.2) is 22.6 Å². The number of benzene rings is 1. The van der Waals surface area contributed by atoms with E-state index in [9.17, 15) is 14.9 Å². The number of nitrogens with one attached hydrogen (secondary N) is 1. The van der Waals surface area contributed by atoms with Crippen LogP contribution in [0, 0.1) is 33.3 Å². The van der Waals surface area contributed by atoms with Crippen LogP contribution in [0.3, 0.4) is 0 Å². The molecule has 4 aliphatic rings. The van der Waals surface area contributed by atoms with Crippen molar-refractivity contribution in [1.29, 1.82) is 0 Å². The third-order valence-corrected chi connectivity index (χ3v) is 7.81. The number of carbonyl (C=O) groups excluding carboxylic acids is 1. The number of nitro groups is 1. The first-order chi connectivity index (χ1) is 12.4. The first-order valence-electron chi connectivity index (χ1n) is 9.60. The molecular weight excluding hydrogens is 348 g/mol. The van der Waals surface area contributed by atoms with Crippen LogP contribution in [0.15, 0.2) is 29.2 Å². The van der Waals surface area contributed by atoms with Gasteiger partial charge >= 0.3 is 0 Å². The lowest BCUT2D eigenvalue weighted by Crippen LogP contribution is -2.56. The van der Waals surface area contributed by atoms with Crippen LogP contribution in [0.4, 0.5) is 5.69 Å². The van der Waals surface area contributed by atoms with E-state index in [1.54, 1.807) is 12.1 Å². The van der Waals surface area contributed by atoms with Gasteiger partial charge in [0, 0.05) is 23.1 Å². The standard InChI is InChI=1S/C20H26N2O3S/c1-13(20-9-14-6-15(10-20)8-16(7-14)11-20)21-19(23)12-26-18-4-2-17(3-5-18)22(24)25/h2-5,13-16H,6-12H2,1H3,(H,21,23)/t13-,14?,15?,16?,20?/m0/s1. The zero-order chi connectivity index (χ0) is 18.3. The Balaban J connectivity index is 1.31. The van der Waals surface area contributed by atoms with Crippen LogP contribution in [0.25, 0.3) is 0 Å². The van der Waals surface area contributed by atoms with Gasteiger partial charge in [0.15, 0.2) is 0 Å². The van der Waals surface area contributed by atoms with Gasteiger partial charge in [-0.25, -0.2) is 0 Å². The van der Waals surface area contributed by atoms with Gasteiger partial charge in [-0.15, -0.1) is 11.8 Å². The van der Waals surface area contributed by atoms with E-state index in [-0.39, 0.29) is 17.6 Å². The maximum Gasteiger partial charge on any atom is 0.269 e. The highest BCUT2D eigenvalue weighted by molar-refractivity contribution is 8.00. The van der Waals surface area contributed by atoms with Gasteiger partial charge in [-0.1, -0.05) is 0 Å². The number of hydrogen-bond donors (Lipinski definition) is 1. The molecule has 140 valence electrons. The van der Waals surface area contributed by atoms with Crippen molar-refractivity contribution in [3.05, 3.63) is 34.4 Å². The fourth-order valence-electron chi connectivity index (χ4n) is 5.96. The molecule has 4 saturated carbocycles. The van der Waals surface area contributed by atoms with Crippen molar-refractivity contribution < 1.29 is 9.72 Å². The van der Waals surface area contributed by atoms with E-state index >= 15 is 0 Å². The summed E-state index contributed by atoms with van der Waals surface area (Å²) in [5, 5.41) is 14.0. The lowest BCUT2D eigenvalue weighted by molar-refractivity contribution is -0.384. The summed E-state index contributed by atoms with van der Waals surface area (Å²) in [6.45, 7) is 2.20. The van der Waals surface area contributed by atoms with Gasteiger partial charge < -0.3 is 5.32 Å². The predicted molar refractivity (Wildman–Crippen MR) is 102 cm³/mol. The Morgan fingerprint density at radius 3 is 2.23 bits per heavy atom. The number of non-ortho nitro benzene ring substituents is 1. The van der Waals surface area contributed by atoms with Gasteiger partial charge in [-0.2, -0.15) is 0 Å². The van der Waals surface area contributed by atoms with Crippen LogP contribution >= 0.6 is 11.8 Å². The van der Waals surface area contributed by atoms with E-state index < -0.39 is 4.92 Å². The Bertz CT molecular complexity index is 668. The molecule has 1 N–H and O–H groups in total. The fourth-order valence-corrected chi connectivity index (χ4v) is 6.67. The molecule has 0 saturated heterocycles. The topological polar surface area (TPSA) is 72.2 Å². The van der Waals surface area contributed by atoms with Crippen LogP contribution < -0.4 is 5.32 Å². The van der Waals surface area contributed by atoms with Crippen molar-refractivity contribution in [1.82, 2.24) is 5.32 Å². The maximum atomic E-state index is 12.5. The first kappa shape index (κ1) is 17.8. The minimum Gasteiger partial charge on any atom is -0.352 e. The molecule has 1 aromatic carbocycles. The Kier molecular flexibility index (Phi) is 4.71. The van der Waals surface area contributed by atoms with Gasteiger partial charge in [0.2, 0.25) is 5.91 Å². The van der Waals surface area contributed by atoms with Crippen molar-refractivity contribution in [2.75, 3.05) is 5.75 Å². The quantitative estimate of drug-likeness (QED) is 0.455. The van der Waals surface area contributed by atoms with Crippen molar-refractivity contribution in [3.63, 3.8) is 0 Å². The largest absolute Gasteiger partial charge is 0.352 e. The Morgan fingerprint density at radius 1 is 1.19 bits per heavy atom. The highest BCUT2D eigenvalue weighted by Crippen LogP contribution is 2.61. The van der Waals surface area contributed by atoms with Crippen LogP contribution in [0.5, 0.6) is 0 Å². The van der Waals surface area contributed by atoms with E-state index in [4.69, 9.17) is 0 Å². The van der Waals surface area contributed by atoms with Crippen molar-refractivity contribution >= 4 is 23.4 Å². The highest BCUT2D eigenvalue weighted by Gasteiger charge is 2.53. The smallest absolute Gasteiger partial charge is 0.269 e. The molecule has 1 amide bonds. The van der Waals surface area contributed by atoms with Crippen LogP contribution in [0.1, 0.15) is 45.4 Å². The number of carbonyl (C=O) groups is 1. The summed E-state index contributed by atoms with van der Waals surface area (Å²) >= 11 is 1.43. The van der Waals surface area contributed by atoms with E-state index in [0.717, 1.165) is 22.6 Å². The minimum atomic E-state index is -0.408. The lowest BCUT2D eigenvalue weighted by atomic mass is 9.48. The zero-order valence-corrected chi connectivity index (χ0v) is 16.0. The third kappa shape index (κ3) is 3.48. The van der Waals surface area contributed by atoms with Gasteiger partial charge in [0.1, 0.15) is 0 Å². The molecule has 0 spiro atoms. The number of amides is 1. The number of thioether (sulfide) groups is 1. The van der Waals surface area contributed by atoms with E-state index in [0.29, 0.717) is 11.2 Å².